The maximum Gasteiger partial charge on any atom is 0.321 e. The molecule has 1 saturated heterocycles. The highest BCUT2D eigenvalue weighted by Crippen LogP contribution is 2.21. The number of hydrogen-bond acceptors (Lipinski definition) is 3. The SMILES string of the molecule is Cc1ccc(NC(=O)N2CCN(c3ccc(C#N)cc3)CC2)cc1Cl. The van der Waals surface area contributed by atoms with E-state index in [1.807, 2.05) is 43.3 Å². The Balaban J connectivity index is 1.56. The average molecular weight is 355 g/mol. The van der Waals surface area contributed by atoms with E-state index < -0.39 is 0 Å². The summed E-state index contributed by atoms with van der Waals surface area (Å²) in [4.78, 5) is 16.4. The molecule has 25 heavy (non-hydrogen) atoms. The number of carbonyl (C=O) groups is 1. The smallest absolute Gasteiger partial charge is 0.321 e. The number of anilines is 2. The molecular formula is C19H19ClN4O. The molecular weight excluding hydrogens is 336 g/mol. The van der Waals surface area contributed by atoms with Gasteiger partial charge in [-0.05, 0) is 48.9 Å². The molecule has 2 aromatic rings. The van der Waals surface area contributed by atoms with E-state index in [2.05, 4.69) is 16.3 Å². The molecule has 3 rings (SSSR count). The van der Waals surface area contributed by atoms with E-state index in [-0.39, 0.29) is 6.03 Å². The van der Waals surface area contributed by atoms with Crippen LogP contribution in [0.4, 0.5) is 16.2 Å². The Kier molecular flexibility index (Phi) is 5.11. The lowest BCUT2D eigenvalue weighted by atomic mass is 10.2. The van der Waals surface area contributed by atoms with Crippen molar-refractivity contribution in [2.75, 3.05) is 36.4 Å². The van der Waals surface area contributed by atoms with E-state index in [0.717, 1.165) is 24.3 Å². The van der Waals surface area contributed by atoms with E-state index in [1.165, 1.54) is 0 Å². The summed E-state index contributed by atoms with van der Waals surface area (Å²) in [6, 6.07) is 15.0. The summed E-state index contributed by atoms with van der Waals surface area (Å²) in [5.41, 5.74) is 3.41. The number of benzene rings is 2. The van der Waals surface area contributed by atoms with Gasteiger partial charge in [-0.1, -0.05) is 17.7 Å². The summed E-state index contributed by atoms with van der Waals surface area (Å²) in [5, 5.41) is 12.4. The molecule has 6 heteroatoms. The predicted octanol–water partition coefficient (Wildman–Crippen LogP) is 3.87. The Morgan fingerprint density at radius 2 is 1.80 bits per heavy atom. The third kappa shape index (κ3) is 4.04. The van der Waals surface area contributed by atoms with Crippen LogP contribution in [0.1, 0.15) is 11.1 Å². The highest BCUT2D eigenvalue weighted by Gasteiger charge is 2.21. The quantitative estimate of drug-likeness (QED) is 0.890. The number of urea groups is 1. The number of aryl methyl sites for hydroxylation is 1. The zero-order chi connectivity index (χ0) is 17.8. The Bertz CT molecular complexity index is 805. The van der Waals surface area contributed by atoms with Gasteiger partial charge >= 0.3 is 6.03 Å². The Morgan fingerprint density at radius 3 is 2.40 bits per heavy atom. The third-order valence-electron chi connectivity index (χ3n) is 4.35. The zero-order valence-corrected chi connectivity index (χ0v) is 14.8. The van der Waals surface area contributed by atoms with Gasteiger partial charge in [-0.15, -0.1) is 0 Å². The summed E-state index contributed by atoms with van der Waals surface area (Å²) in [6.45, 7) is 4.73. The molecule has 1 fully saturated rings. The minimum atomic E-state index is -0.112. The molecule has 5 nitrogen and oxygen atoms in total. The van der Waals surface area contributed by atoms with Gasteiger partial charge in [-0.3, -0.25) is 0 Å². The van der Waals surface area contributed by atoms with E-state index in [1.54, 1.807) is 11.0 Å². The number of nitriles is 1. The number of rotatable bonds is 2. The van der Waals surface area contributed by atoms with Gasteiger partial charge < -0.3 is 15.1 Å². The lowest BCUT2D eigenvalue weighted by Gasteiger charge is -2.36. The van der Waals surface area contributed by atoms with Crippen LogP contribution in [0.3, 0.4) is 0 Å². The number of halogens is 1. The highest BCUT2D eigenvalue weighted by atomic mass is 35.5. The first-order valence-electron chi connectivity index (χ1n) is 8.14. The number of nitrogens with one attached hydrogen (secondary N) is 1. The van der Waals surface area contributed by atoms with Gasteiger partial charge in [0.15, 0.2) is 0 Å². The maximum atomic E-state index is 12.4. The van der Waals surface area contributed by atoms with E-state index >= 15 is 0 Å². The molecule has 128 valence electrons. The zero-order valence-electron chi connectivity index (χ0n) is 14.0. The molecule has 2 aromatic carbocycles. The molecule has 0 atom stereocenters. The van der Waals surface area contributed by atoms with Crippen molar-refractivity contribution in [2.45, 2.75) is 6.92 Å². The average Bonchev–Trinajstić information content (AvgIpc) is 2.65. The second-order valence-corrected chi connectivity index (χ2v) is 6.43. The second-order valence-electron chi connectivity index (χ2n) is 6.03. The topological polar surface area (TPSA) is 59.4 Å². The summed E-state index contributed by atoms with van der Waals surface area (Å²) in [5.74, 6) is 0. The van der Waals surface area contributed by atoms with E-state index in [0.29, 0.717) is 29.4 Å². The fraction of sp³-hybridized carbons (Fsp3) is 0.263. The largest absolute Gasteiger partial charge is 0.368 e. The fourth-order valence-electron chi connectivity index (χ4n) is 2.79. The van der Waals surface area contributed by atoms with Crippen LogP contribution < -0.4 is 10.2 Å². The minimum Gasteiger partial charge on any atom is -0.368 e. The molecule has 1 heterocycles. The summed E-state index contributed by atoms with van der Waals surface area (Å²) in [7, 11) is 0. The van der Waals surface area contributed by atoms with Crippen molar-refractivity contribution in [2.24, 2.45) is 0 Å². The Labute approximate surface area is 152 Å². The summed E-state index contributed by atoms with van der Waals surface area (Å²) >= 11 is 6.10. The third-order valence-corrected chi connectivity index (χ3v) is 4.76. The van der Waals surface area contributed by atoms with Crippen molar-refractivity contribution in [1.29, 1.82) is 5.26 Å². The normalized spacial score (nSPS) is 14.1. The van der Waals surface area contributed by atoms with Crippen LogP contribution in [0.2, 0.25) is 5.02 Å². The Hall–Kier alpha value is -2.71. The van der Waals surface area contributed by atoms with Gasteiger partial charge in [0.2, 0.25) is 0 Å². The molecule has 2 amide bonds. The number of nitrogens with zero attached hydrogens (tertiary/aromatic N) is 3. The molecule has 1 N–H and O–H groups in total. The highest BCUT2D eigenvalue weighted by molar-refractivity contribution is 6.31. The molecule has 0 aliphatic carbocycles. The molecule has 0 radical (unpaired) electrons. The van der Waals surface area contributed by atoms with Crippen molar-refractivity contribution in [3.05, 3.63) is 58.6 Å². The van der Waals surface area contributed by atoms with Crippen molar-refractivity contribution in [1.82, 2.24) is 4.90 Å². The van der Waals surface area contributed by atoms with Crippen molar-refractivity contribution in [3.8, 4) is 6.07 Å². The maximum absolute atomic E-state index is 12.4. The molecule has 0 spiro atoms. The molecule has 0 bridgehead atoms. The molecule has 1 aliphatic rings. The van der Waals surface area contributed by atoms with Crippen LogP contribution >= 0.6 is 11.6 Å². The lowest BCUT2D eigenvalue weighted by molar-refractivity contribution is 0.208. The molecule has 0 aromatic heterocycles. The number of carbonyl (C=O) groups excluding carboxylic acids is 1. The standard InChI is InChI=1S/C19H19ClN4O/c1-14-2-5-16(12-18(14)20)22-19(25)24-10-8-23(9-11-24)17-6-3-15(13-21)4-7-17/h2-7,12H,8-11H2,1H3,(H,22,25). The minimum absolute atomic E-state index is 0.112. The monoisotopic (exact) mass is 354 g/mol. The fourth-order valence-corrected chi connectivity index (χ4v) is 2.97. The van der Waals surface area contributed by atoms with Gasteiger partial charge in [0, 0.05) is 42.6 Å². The number of hydrogen-bond donors (Lipinski definition) is 1. The van der Waals surface area contributed by atoms with Gasteiger partial charge in [-0.25, -0.2) is 4.79 Å². The van der Waals surface area contributed by atoms with Gasteiger partial charge in [0.1, 0.15) is 0 Å². The summed E-state index contributed by atoms with van der Waals surface area (Å²) in [6.07, 6.45) is 0. The van der Waals surface area contributed by atoms with Crippen LogP contribution in [-0.4, -0.2) is 37.1 Å². The van der Waals surface area contributed by atoms with Crippen LogP contribution in [0.25, 0.3) is 0 Å². The van der Waals surface area contributed by atoms with Crippen LogP contribution in [0.15, 0.2) is 42.5 Å². The van der Waals surface area contributed by atoms with Gasteiger partial charge in [-0.2, -0.15) is 5.26 Å². The van der Waals surface area contributed by atoms with Crippen molar-refractivity contribution >= 4 is 29.0 Å². The predicted molar refractivity (Wildman–Crippen MR) is 100 cm³/mol. The van der Waals surface area contributed by atoms with Crippen LogP contribution in [0, 0.1) is 18.3 Å². The molecule has 1 aliphatic heterocycles. The van der Waals surface area contributed by atoms with Gasteiger partial charge in [0.25, 0.3) is 0 Å². The van der Waals surface area contributed by atoms with Gasteiger partial charge in [0.05, 0.1) is 11.6 Å². The first-order valence-corrected chi connectivity index (χ1v) is 8.52. The van der Waals surface area contributed by atoms with E-state index in [4.69, 9.17) is 16.9 Å². The first kappa shape index (κ1) is 17.1. The first-order chi connectivity index (χ1) is 12.1. The molecule has 0 saturated carbocycles. The number of amides is 2. The van der Waals surface area contributed by atoms with E-state index in [9.17, 15) is 4.79 Å². The van der Waals surface area contributed by atoms with Crippen molar-refractivity contribution < 1.29 is 4.79 Å². The lowest BCUT2D eigenvalue weighted by Crippen LogP contribution is -2.50. The van der Waals surface area contributed by atoms with Crippen LogP contribution in [0.5, 0.6) is 0 Å². The number of piperazine rings is 1. The molecule has 0 unspecified atom stereocenters. The van der Waals surface area contributed by atoms with Crippen molar-refractivity contribution in [3.63, 3.8) is 0 Å². The Morgan fingerprint density at radius 1 is 1.12 bits per heavy atom. The van der Waals surface area contributed by atoms with Crippen LogP contribution in [-0.2, 0) is 0 Å². The summed E-state index contributed by atoms with van der Waals surface area (Å²) < 4.78 is 0. The second kappa shape index (κ2) is 7.45.